The fourth-order valence-corrected chi connectivity index (χ4v) is 2.88. The summed E-state index contributed by atoms with van der Waals surface area (Å²) < 4.78 is 11.3. The summed E-state index contributed by atoms with van der Waals surface area (Å²) in [6.45, 7) is 4.00. The Hall–Kier alpha value is -2.34. The zero-order chi connectivity index (χ0) is 18.4. The van der Waals surface area contributed by atoms with Crippen LogP contribution in [0.3, 0.4) is 0 Å². The molecule has 0 aliphatic rings. The van der Waals surface area contributed by atoms with Crippen LogP contribution in [0.15, 0.2) is 39.9 Å². The molecule has 132 valence electrons. The van der Waals surface area contributed by atoms with Crippen molar-refractivity contribution in [3.63, 3.8) is 0 Å². The highest BCUT2D eigenvalue weighted by Crippen LogP contribution is 2.31. The van der Waals surface area contributed by atoms with Gasteiger partial charge in [0.1, 0.15) is 11.5 Å². The van der Waals surface area contributed by atoms with E-state index in [-0.39, 0.29) is 12.3 Å². The molecule has 5 nitrogen and oxygen atoms in total. The quantitative estimate of drug-likeness (QED) is 0.588. The van der Waals surface area contributed by atoms with Crippen LogP contribution in [0, 0.1) is 13.8 Å². The molecule has 0 saturated carbocycles. The van der Waals surface area contributed by atoms with Crippen LogP contribution in [0.5, 0.6) is 11.5 Å². The van der Waals surface area contributed by atoms with Gasteiger partial charge in [0, 0.05) is 11.6 Å². The minimum Gasteiger partial charge on any atom is -0.496 e. The third kappa shape index (κ3) is 5.06. The standard InChI is InChI=1S/C19H21BrN2O3/c1-12-5-6-13(2)14(7-12)9-19(23)22-21-11-15-8-16(20)18(25-4)10-17(15)24-3/h5-8,10-11H,9H2,1-4H3,(H,22,23)/b21-11+. The van der Waals surface area contributed by atoms with Crippen LogP contribution < -0.4 is 14.9 Å². The average Bonchev–Trinajstić information content (AvgIpc) is 2.58. The number of hydrazone groups is 1. The molecule has 1 N–H and O–H groups in total. The molecule has 0 bridgehead atoms. The van der Waals surface area contributed by atoms with Gasteiger partial charge in [0.05, 0.1) is 31.3 Å². The van der Waals surface area contributed by atoms with Gasteiger partial charge in [-0.25, -0.2) is 5.43 Å². The molecule has 0 spiro atoms. The number of methoxy groups -OCH3 is 2. The third-order valence-corrected chi connectivity index (χ3v) is 4.37. The van der Waals surface area contributed by atoms with E-state index in [1.807, 2.05) is 38.1 Å². The van der Waals surface area contributed by atoms with Crippen molar-refractivity contribution >= 4 is 28.1 Å². The number of carbonyl (C=O) groups excluding carboxylic acids is 1. The fourth-order valence-electron chi connectivity index (χ4n) is 2.36. The van der Waals surface area contributed by atoms with Crippen molar-refractivity contribution in [1.82, 2.24) is 5.43 Å². The number of nitrogens with one attached hydrogen (secondary N) is 1. The molecule has 0 aromatic heterocycles. The molecule has 1 amide bonds. The molecule has 2 aromatic carbocycles. The Labute approximate surface area is 156 Å². The molecule has 2 aromatic rings. The summed E-state index contributed by atoms with van der Waals surface area (Å²) in [6, 6.07) is 9.63. The second kappa shape index (κ2) is 8.67. The smallest absolute Gasteiger partial charge is 0.244 e. The van der Waals surface area contributed by atoms with Gasteiger partial charge in [-0.1, -0.05) is 23.8 Å². The molecule has 0 heterocycles. The fraction of sp³-hybridized carbons (Fsp3) is 0.263. The van der Waals surface area contributed by atoms with Crippen molar-refractivity contribution in [2.75, 3.05) is 14.2 Å². The molecule has 0 radical (unpaired) electrons. The van der Waals surface area contributed by atoms with E-state index in [0.29, 0.717) is 11.5 Å². The lowest BCUT2D eigenvalue weighted by molar-refractivity contribution is -0.120. The first-order chi connectivity index (χ1) is 11.9. The second-order valence-corrected chi connectivity index (χ2v) is 6.48. The SMILES string of the molecule is COc1cc(OC)c(/C=N/NC(=O)Cc2cc(C)ccc2C)cc1Br. The van der Waals surface area contributed by atoms with E-state index in [1.165, 1.54) is 0 Å². The van der Waals surface area contributed by atoms with Gasteiger partial charge >= 0.3 is 0 Å². The molecular weight excluding hydrogens is 384 g/mol. The predicted molar refractivity (Wildman–Crippen MR) is 103 cm³/mol. The van der Waals surface area contributed by atoms with Crippen molar-refractivity contribution in [2.24, 2.45) is 5.10 Å². The lowest BCUT2D eigenvalue weighted by atomic mass is 10.0. The van der Waals surface area contributed by atoms with Crippen LogP contribution in [-0.2, 0) is 11.2 Å². The summed E-state index contributed by atoms with van der Waals surface area (Å²) in [5.74, 6) is 1.09. The van der Waals surface area contributed by atoms with Gasteiger partial charge in [-0.15, -0.1) is 0 Å². The largest absolute Gasteiger partial charge is 0.496 e. The maximum atomic E-state index is 12.1. The van der Waals surface area contributed by atoms with Crippen LogP contribution >= 0.6 is 15.9 Å². The monoisotopic (exact) mass is 404 g/mol. The van der Waals surface area contributed by atoms with Crippen LogP contribution in [0.25, 0.3) is 0 Å². The van der Waals surface area contributed by atoms with Crippen LogP contribution in [0.2, 0.25) is 0 Å². The topological polar surface area (TPSA) is 59.9 Å². The van der Waals surface area contributed by atoms with E-state index in [0.717, 1.165) is 26.7 Å². The van der Waals surface area contributed by atoms with Gasteiger partial charge < -0.3 is 9.47 Å². The summed E-state index contributed by atoms with van der Waals surface area (Å²) in [5.41, 5.74) is 6.49. The number of carbonyl (C=O) groups is 1. The number of rotatable bonds is 6. The van der Waals surface area contributed by atoms with Gasteiger partial charge in [-0.2, -0.15) is 5.10 Å². The lowest BCUT2D eigenvalue weighted by Crippen LogP contribution is -2.20. The summed E-state index contributed by atoms with van der Waals surface area (Å²) in [4.78, 5) is 12.1. The molecule has 2 rings (SSSR count). The summed E-state index contributed by atoms with van der Waals surface area (Å²) in [7, 11) is 3.15. The van der Waals surface area contributed by atoms with E-state index < -0.39 is 0 Å². The normalized spacial score (nSPS) is 10.8. The Balaban J connectivity index is 2.06. The van der Waals surface area contributed by atoms with Crippen LogP contribution in [-0.4, -0.2) is 26.3 Å². The number of hydrogen-bond acceptors (Lipinski definition) is 4. The Kier molecular flexibility index (Phi) is 6.58. The maximum Gasteiger partial charge on any atom is 0.244 e. The first kappa shape index (κ1) is 19.0. The number of hydrogen-bond donors (Lipinski definition) is 1. The number of amides is 1. The molecule has 0 aliphatic heterocycles. The van der Waals surface area contributed by atoms with E-state index in [1.54, 1.807) is 26.5 Å². The molecule has 0 aliphatic carbocycles. The van der Waals surface area contributed by atoms with E-state index in [4.69, 9.17) is 9.47 Å². The summed E-state index contributed by atoms with van der Waals surface area (Å²) in [6.07, 6.45) is 1.83. The highest BCUT2D eigenvalue weighted by Gasteiger charge is 2.09. The first-order valence-electron chi connectivity index (χ1n) is 7.74. The van der Waals surface area contributed by atoms with E-state index in [9.17, 15) is 4.79 Å². The van der Waals surface area contributed by atoms with Crippen LogP contribution in [0.4, 0.5) is 0 Å². The first-order valence-corrected chi connectivity index (χ1v) is 8.53. The number of aryl methyl sites for hydroxylation is 2. The highest BCUT2D eigenvalue weighted by molar-refractivity contribution is 9.10. The van der Waals surface area contributed by atoms with Crippen molar-refractivity contribution in [3.8, 4) is 11.5 Å². The van der Waals surface area contributed by atoms with E-state index in [2.05, 4.69) is 26.5 Å². The Morgan fingerprint density at radius 1 is 1.16 bits per heavy atom. The molecule has 0 unspecified atom stereocenters. The molecule has 0 atom stereocenters. The van der Waals surface area contributed by atoms with Gasteiger partial charge in [-0.05, 0) is 47.0 Å². The van der Waals surface area contributed by atoms with Crippen LogP contribution in [0.1, 0.15) is 22.3 Å². The summed E-state index contributed by atoms with van der Waals surface area (Å²) >= 11 is 3.42. The predicted octanol–water partition coefficient (Wildman–Crippen LogP) is 3.78. The number of ether oxygens (including phenoxy) is 2. The Morgan fingerprint density at radius 2 is 1.88 bits per heavy atom. The number of benzene rings is 2. The molecule has 6 heteroatoms. The van der Waals surface area contributed by atoms with Gasteiger partial charge in [0.2, 0.25) is 5.91 Å². The van der Waals surface area contributed by atoms with Crippen molar-refractivity contribution in [3.05, 3.63) is 57.1 Å². The van der Waals surface area contributed by atoms with Crippen molar-refractivity contribution < 1.29 is 14.3 Å². The average molecular weight is 405 g/mol. The lowest BCUT2D eigenvalue weighted by Gasteiger charge is -2.09. The summed E-state index contributed by atoms with van der Waals surface area (Å²) in [5, 5.41) is 4.03. The Bertz CT molecular complexity index is 803. The molecule has 0 fully saturated rings. The van der Waals surface area contributed by atoms with Gasteiger partial charge in [-0.3, -0.25) is 4.79 Å². The maximum absolute atomic E-state index is 12.1. The third-order valence-electron chi connectivity index (χ3n) is 3.75. The highest BCUT2D eigenvalue weighted by atomic mass is 79.9. The van der Waals surface area contributed by atoms with Crippen molar-refractivity contribution in [1.29, 1.82) is 0 Å². The zero-order valence-electron chi connectivity index (χ0n) is 14.7. The minimum atomic E-state index is -0.170. The second-order valence-electron chi connectivity index (χ2n) is 5.63. The Morgan fingerprint density at radius 3 is 2.56 bits per heavy atom. The minimum absolute atomic E-state index is 0.170. The van der Waals surface area contributed by atoms with Gasteiger partial charge in [0.15, 0.2) is 0 Å². The van der Waals surface area contributed by atoms with E-state index >= 15 is 0 Å². The molecular formula is C19H21BrN2O3. The number of nitrogens with zero attached hydrogens (tertiary/aromatic N) is 1. The molecule has 25 heavy (non-hydrogen) atoms. The number of halogens is 1. The molecule has 0 saturated heterocycles. The van der Waals surface area contributed by atoms with Crippen molar-refractivity contribution in [2.45, 2.75) is 20.3 Å². The zero-order valence-corrected chi connectivity index (χ0v) is 16.3. The van der Waals surface area contributed by atoms with Gasteiger partial charge in [0.25, 0.3) is 0 Å².